The van der Waals surface area contributed by atoms with Crippen LogP contribution in [0, 0.1) is 5.82 Å². The summed E-state index contributed by atoms with van der Waals surface area (Å²) in [6.45, 7) is 2.69. The van der Waals surface area contributed by atoms with Crippen LogP contribution in [0.15, 0.2) is 12.4 Å². The zero-order valence-corrected chi connectivity index (χ0v) is 8.20. The summed E-state index contributed by atoms with van der Waals surface area (Å²) in [6.07, 6.45) is 4.20. The molecule has 0 bridgehead atoms. The molecule has 78 valence electrons. The molecule has 0 aliphatic rings. The molecule has 14 heavy (non-hydrogen) atoms. The third kappa shape index (κ3) is 3.66. The highest BCUT2D eigenvalue weighted by molar-refractivity contribution is 5.23. The second kappa shape index (κ2) is 5.49. The topological polar surface area (TPSA) is 63.8 Å². The lowest BCUT2D eigenvalue weighted by molar-refractivity contribution is 0.611. The molecule has 1 unspecified atom stereocenters. The summed E-state index contributed by atoms with van der Waals surface area (Å²) in [5, 5.41) is 3.06. The molecule has 5 heteroatoms. The van der Waals surface area contributed by atoms with Gasteiger partial charge in [-0.25, -0.2) is 14.4 Å². The van der Waals surface area contributed by atoms with E-state index >= 15 is 0 Å². The first-order valence-electron chi connectivity index (χ1n) is 4.66. The molecule has 0 saturated heterocycles. The van der Waals surface area contributed by atoms with Crippen LogP contribution in [0.25, 0.3) is 0 Å². The fraction of sp³-hybridized carbons (Fsp3) is 0.556. The number of nitrogens with one attached hydrogen (secondary N) is 1. The van der Waals surface area contributed by atoms with Gasteiger partial charge in [-0.15, -0.1) is 0 Å². The molecule has 0 aliphatic carbocycles. The molecule has 1 aromatic heterocycles. The van der Waals surface area contributed by atoms with E-state index in [0.29, 0.717) is 12.5 Å². The summed E-state index contributed by atoms with van der Waals surface area (Å²) in [7, 11) is 0. The first-order chi connectivity index (χ1) is 6.72. The highest BCUT2D eigenvalue weighted by Crippen LogP contribution is 2.04. The van der Waals surface area contributed by atoms with Crippen LogP contribution in [0.3, 0.4) is 0 Å². The summed E-state index contributed by atoms with van der Waals surface area (Å²) < 4.78 is 12.5. The van der Waals surface area contributed by atoms with Crippen molar-refractivity contribution >= 4 is 5.95 Å². The van der Waals surface area contributed by atoms with Crippen molar-refractivity contribution in [1.29, 1.82) is 0 Å². The molecule has 1 heterocycles. The summed E-state index contributed by atoms with van der Waals surface area (Å²) in [4.78, 5) is 7.60. The van der Waals surface area contributed by atoms with Crippen molar-refractivity contribution in [2.45, 2.75) is 25.8 Å². The number of nitrogens with two attached hydrogens (primary N) is 1. The Labute approximate surface area is 82.8 Å². The van der Waals surface area contributed by atoms with Gasteiger partial charge in [0.1, 0.15) is 0 Å². The molecule has 0 saturated carbocycles. The zero-order chi connectivity index (χ0) is 10.4. The van der Waals surface area contributed by atoms with Crippen molar-refractivity contribution < 1.29 is 4.39 Å². The lowest BCUT2D eigenvalue weighted by atomic mass is 10.2. The Hall–Kier alpha value is -1.23. The summed E-state index contributed by atoms with van der Waals surface area (Å²) in [5.74, 6) is 0.0288. The average molecular weight is 198 g/mol. The van der Waals surface area contributed by atoms with Gasteiger partial charge in [-0.1, -0.05) is 0 Å². The lowest BCUT2D eigenvalue weighted by Crippen LogP contribution is -2.18. The van der Waals surface area contributed by atoms with Gasteiger partial charge in [0.2, 0.25) is 5.95 Å². The van der Waals surface area contributed by atoms with Crippen molar-refractivity contribution in [3.05, 3.63) is 18.2 Å². The molecule has 0 spiro atoms. The smallest absolute Gasteiger partial charge is 0.222 e. The Bertz CT molecular complexity index is 262. The minimum atomic E-state index is -0.426. The average Bonchev–Trinajstić information content (AvgIpc) is 2.18. The SMILES string of the molecule is CC(CCCN)Nc1ncc(F)cn1. The molecular weight excluding hydrogens is 183 g/mol. The second-order valence-electron chi connectivity index (χ2n) is 3.20. The monoisotopic (exact) mass is 198 g/mol. The van der Waals surface area contributed by atoms with Crippen molar-refractivity contribution in [2.24, 2.45) is 5.73 Å². The standard InChI is InChI=1S/C9H15FN4/c1-7(3-2-4-11)14-9-12-5-8(10)6-13-9/h5-7H,2-4,11H2,1H3,(H,12,13,14). The van der Waals surface area contributed by atoms with Crippen LogP contribution < -0.4 is 11.1 Å². The third-order valence-electron chi connectivity index (χ3n) is 1.84. The highest BCUT2D eigenvalue weighted by atomic mass is 19.1. The van der Waals surface area contributed by atoms with E-state index in [1.807, 2.05) is 6.92 Å². The number of halogens is 1. The maximum absolute atomic E-state index is 12.5. The number of rotatable bonds is 5. The minimum absolute atomic E-state index is 0.254. The van der Waals surface area contributed by atoms with Gasteiger partial charge >= 0.3 is 0 Å². The molecule has 0 aromatic carbocycles. The van der Waals surface area contributed by atoms with Gasteiger partial charge in [0.25, 0.3) is 0 Å². The normalized spacial score (nSPS) is 12.5. The highest BCUT2D eigenvalue weighted by Gasteiger charge is 2.02. The van der Waals surface area contributed by atoms with E-state index in [1.165, 1.54) is 0 Å². The molecule has 0 amide bonds. The Kier molecular flexibility index (Phi) is 4.25. The van der Waals surface area contributed by atoms with Gasteiger partial charge < -0.3 is 11.1 Å². The van der Waals surface area contributed by atoms with Crippen molar-refractivity contribution in [1.82, 2.24) is 9.97 Å². The number of aromatic nitrogens is 2. The Morgan fingerprint density at radius 2 is 2.14 bits per heavy atom. The maximum atomic E-state index is 12.5. The maximum Gasteiger partial charge on any atom is 0.222 e. The molecule has 1 aromatic rings. The molecule has 0 aliphatic heterocycles. The summed E-state index contributed by atoms with van der Waals surface area (Å²) in [5.41, 5.74) is 5.38. The van der Waals surface area contributed by atoms with Crippen LogP contribution in [0.5, 0.6) is 0 Å². The van der Waals surface area contributed by atoms with E-state index in [-0.39, 0.29) is 6.04 Å². The van der Waals surface area contributed by atoms with E-state index < -0.39 is 5.82 Å². The van der Waals surface area contributed by atoms with E-state index in [9.17, 15) is 4.39 Å². The molecule has 4 nitrogen and oxygen atoms in total. The van der Waals surface area contributed by atoms with Crippen LogP contribution in [-0.2, 0) is 0 Å². The largest absolute Gasteiger partial charge is 0.352 e. The minimum Gasteiger partial charge on any atom is -0.352 e. The fourth-order valence-corrected chi connectivity index (χ4v) is 1.10. The number of nitrogens with zero attached hydrogens (tertiary/aromatic N) is 2. The predicted molar refractivity (Wildman–Crippen MR) is 53.4 cm³/mol. The van der Waals surface area contributed by atoms with Crippen LogP contribution in [0.1, 0.15) is 19.8 Å². The molecule has 0 radical (unpaired) electrons. The van der Waals surface area contributed by atoms with E-state index in [2.05, 4.69) is 15.3 Å². The number of hydrogen-bond acceptors (Lipinski definition) is 4. The predicted octanol–water partition coefficient (Wildman–Crippen LogP) is 1.15. The Balaban J connectivity index is 2.39. The molecular formula is C9H15FN4. The summed E-state index contributed by atoms with van der Waals surface area (Å²) >= 11 is 0. The van der Waals surface area contributed by atoms with Crippen molar-refractivity contribution in [3.8, 4) is 0 Å². The van der Waals surface area contributed by atoms with Gasteiger partial charge in [-0.05, 0) is 26.3 Å². The van der Waals surface area contributed by atoms with Crippen LogP contribution >= 0.6 is 0 Å². The lowest BCUT2D eigenvalue weighted by Gasteiger charge is -2.12. The number of hydrogen-bond donors (Lipinski definition) is 2. The third-order valence-corrected chi connectivity index (χ3v) is 1.84. The van der Waals surface area contributed by atoms with Gasteiger partial charge in [0.15, 0.2) is 5.82 Å². The quantitative estimate of drug-likeness (QED) is 0.745. The molecule has 3 N–H and O–H groups in total. The Morgan fingerprint density at radius 1 is 1.50 bits per heavy atom. The van der Waals surface area contributed by atoms with E-state index in [0.717, 1.165) is 25.2 Å². The van der Waals surface area contributed by atoms with Crippen LogP contribution in [0.2, 0.25) is 0 Å². The Morgan fingerprint density at radius 3 is 2.71 bits per heavy atom. The van der Waals surface area contributed by atoms with Gasteiger partial charge in [0, 0.05) is 6.04 Å². The van der Waals surface area contributed by atoms with Crippen molar-refractivity contribution in [2.75, 3.05) is 11.9 Å². The van der Waals surface area contributed by atoms with E-state index in [1.54, 1.807) is 0 Å². The summed E-state index contributed by atoms with van der Waals surface area (Å²) in [6, 6.07) is 0.254. The van der Waals surface area contributed by atoms with Crippen molar-refractivity contribution in [3.63, 3.8) is 0 Å². The second-order valence-corrected chi connectivity index (χ2v) is 3.20. The van der Waals surface area contributed by atoms with Gasteiger partial charge in [-0.2, -0.15) is 0 Å². The molecule has 1 rings (SSSR count). The number of anilines is 1. The first-order valence-corrected chi connectivity index (χ1v) is 4.66. The van der Waals surface area contributed by atoms with Gasteiger partial charge in [0.05, 0.1) is 12.4 Å². The van der Waals surface area contributed by atoms with E-state index in [4.69, 9.17) is 5.73 Å². The molecule has 1 atom stereocenters. The first kappa shape index (κ1) is 10.8. The van der Waals surface area contributed by atoms with Crippen LogP contribution in [-0.4, -0.2) is 22.6 Å². The fourth-order valence-electron chi connectivity index (χ4n) is 1.10. The molecule has 0 fully saturated rings. The van der Waals surface area contributed by atoms with Gasteiger partial charge in [-0.3, -0.25) is 0 Å². The van der Waals surface area contributed by atoms with Crippen LogP contribution in [0.4, 0.5) is 10.3 Å². The zero-order valence-electron chi connectivity index (χ0n) is 8.20.